The number of rotatable bonds is 4. The van der Waals surface area contributed by atoms with Crippen molar-refractivity contribution < 1.29 is 9.84 Å². The van der Waals surface area contributed by atoms with Gasteiger partial charge in [0, 0.05) is 36.6 Å². The van der Waals surface area contributed by atoms with E-state index in [0.29, 0.717) is 6.04 Å². The van der Waals surface area contributed by atoms with Gasteiger partial charge in [0.2, 0.25) is 0 Å². The zero-order valence-corrected chi connectivity index (χ0v) is 12.2. The Morgan fingerprint density at radius 3 is 2.44 bits per heavy atom. The zero-order valence-electron chi connectivity index (χ0n) is 12.2. The van der Waals surface area contributed by atoms with Crippen LogP contribution in [0.4, 0.5) is 0 Å². The van der Waals surface area contributed by atoms with Crippen molar-refractivity contribution in [2.75, 3.05) is 32.8 Å². The van der Waals surface area contributed by atoms with Gasteiger partial charge in [-0.25, -0.2) is 0 Å². The van der Waals surface area contributed by atoms with Gasteiger partial charge in [-0.2, -0.15) is 0 Å². The molecule has 1 aliphatic carbocycles. The maximum Gasteiger partial charge on any atom is 0.0621 e. The van der Waals surface area contributed by atoms with Crippen molar-refractivity contribution in [1.82, 2.24) is 10.2 Å². The van der Waals surface area contributed by atoms with Crippen LogP contribution in [0.5, 0.6) is 0 Å². The third-order valence-electron chi connectivity index (χ3n) is 4.86. The van der Waals surface area contributed by atoms with Crippen molar-refractivity contribution in [1.29, 1.82) is 0 Å². The fourth-order valence-corrected chi connectivity index (χ4v) is 2.90. The van der Waals surface area contributed by atoms with Crippen LogP contribution < -0.4 is 5.32 Å². The molecule has 1 aliphatic heterocycles. The largest absolute Gasteiger partial charge is 0.392 e. The molecule has 2 unspecified atom stereocenters. The van der Waals surface area contributed by atoms with Crippen LogP contribution in [0.3, 0.4) is 0 Å². The van der Waals surface area contributed by atoms with Gasteiger partial charge >= 0.3 is 0 Å². The molecule has 18 heavy (non-hydrogen) atoms. The summed E-state index contributed by atoms with van der Waals surface area (Å²) in [6, 6.07) is 0.438. The second kappa shape index (κ2) is 5.08. The average Bonchev–Trinajstić information content (AvgIpc) is 2.35. The summed E-state index contributed by atoms with van der Waals surface area (Å²) in [5, 5.41) is 13.4. The lowest BCUT2D eigenvalue weighted by molar-refractivity contribution is -0.0782. The zero-order chi connectivity index (χ0) is 13.4. The molecule has 1 saturated heterocycles. The van der Waals surface area contributed by atoms with E-state index in [0.717, 1.165) is 39.3 Å². The smallest absolute Gasteiger partial charge is 0.0621 e. The first kappa shape index (κ1) is 14.3. The van der Waals surface area contributed by atoms with Crippen LogP contribution in [-0.4, -0.2) is 60.5 Å². The first-order valence-corrected chi connectivity index (χ1v) is 7.08. The Kier molecular flexibility index (Phi) is 4.02. The Labute approximate surface area is 111 Å². The van der Waals surface area contributed by atoms with E-state index in [-0.39, 0.29) is 17.1 Å². The summed E-state index contributed by atoms with van der Waals surface area (Å²) in [5.74, 6) is 0. The third-order valence-corrected chi connectivity index (χ3v) is 4.86. The van der Waals surface area contributed by atoms with Gasteiger partial charge in [-0.05, 0) is 20.3 Å². The Hall–Kier alpha value is -0.160. The number of aliphatic hydroxyl groups is 1. The highest BCUT2D eigenvalue weighted by atomic mass is 16.5. The highest BCUT2D eigenvalue weighted by Crippen LogP contribution is 2.40. The summed E-state index contributed by atoms with van der Waals surface area (Å²) in [7, 11) is 0. The molecule has 4 nitrogen and oxygen atoms in total. The minimum absolute atomic E-state index is 0.0150. The second-order valence-corrected chi connectivity index (χ2v) is 6.92. The van der Waals surface area contributed by atoms with E-state index in [1.54, 1.807) is 0 Å². The summed E-state index contributed by atoms with van der Waals surface area (Å²) in [4.78, 5) is 2.49. The molecule has 2 aliphatic rings. The van der Waals surface area contributed by atoms with E-state index in [4.69, 9.17) is 4.74 Å². The van der Waals surface area contributed by atoms with E-state index in [9.17, 15) is 5.11 Å². The number of ether oxygens (including phenoxy) is 1. The molecule has 0 aromatic heterocycles. The van der Waals surface area contributed by atoms with Gasteiger partial charge in [0.25, 0.3) is 0 Å². The van der Waals surface area contributed by atoms with Gasteiger partial charge in [0.15, 0.2) is 0 Å². The molecule has 0 aromatic carbocycles. The van der Waals surface area contributed by atoms with E-state index in [1.807, 2.05) is 0 Å². The van der Waals surface area contributed by atoms with Crippen LogP contribution in [0.2, 0.25) is 0 Å². The first-order valence-electron chi connectivity index (χ1n) is 7.08. The summed E-state index contributed by atoms with van der Waals surface area (Å²) < 4.78 is 5.40. The average molecular weight is 256 g/mol. The van der Waals surface area contributed by atoms with Crippen molar-refractivity contribution in [3.63, 3.8) is 0 Å². The number of nitrogens with one attached hydrogen (secondary N) is 1. The standard InChI is InChI=1S/C14H28N2O2/c1-13(2,16-5-7-18-8-6-16)10-15-11-9-12(17)14(11,3)4/h11-12,15,17H,5-10H2,1-4H3. The monoisotopic (exact) mass is 256 g/mol. The lowest BCUT2D eigenvalue weighted by Crippen LogP contribution is -2.63. The van der Waals surface area contributed by atoms with Gasteiger partial charge in [-0.1, -0.05) is 13.8 Å². The number of hydrogen-bond acceptors (Lipinski definition) is 4. The van der Waals surface area contributed by atoms with Gasteiger partial charge < -0.3 is 15.2 Å². The van der Waals surface area contributed by atoms with Crippen LogP contribution in [0.25, 0.3) is 0 Å². The highest BCUT2D eigenvalue weighted by molar-refractivity contribution is 5.02. The van der Waals surface area contributed by atoms with Crippen LogP contribution in [0, 0.1) is 5.41 Å². The molecule has 1 saturated carbocycles. The lowest BCUT2D eigenvalue weighted by atomic mass is 9.64. The Bertz CT molecular complexity index is 286. The first-order chi connectivity index (χ1) is 8.34. The molecular formula is C14H28N2O2. The summed E-state index contributed by atoms with van der Waals surface area (Å²) in [5.41, 5.74) is 0.168. The molecule has 0 bridgehead atoms. The maximum atomic E-state index is 9.76. The van der Waals surface area contributed by atoms with Gasteiger partial charge in [-0.3, -0.25) is 4.90 Å². The molecular weight excluding hydrogens is 228 g/mol. The van der Waals surface area contributed by atoms with Crippen molar-refractivity contribution in [2.24, 2.45) is 5.41 Å². The topological polar surface area (TPSA) is 44.7 Å². The molecule has 2 atom stereocenters. The molecule has 106 valence electrons. The van der Waals surface area contributed by atoms with E-state index >= 15 is 0 Å². The maximum absolute atomic E-state index is 9.76. The van der Waals surface area contributed by atoms with Crippen molar-refractivity contribution in [3.8, 4) is 0 Å². The van der Waals surface area contributed by atoms with E-state index < -0.39 is 0 Å². The molecule has 2 rings (SSSR count). The van der Waals surface area contributed by atoms with E-state index in [2.05, 4.69) is 37.9 Å². The molecule has 2 fully saturated rings. The van der Waals surface area contributed by atoms with Crippen LogP contribution >= 0.6 is 0 Å². The predicted molar refractivity (Wildman–Crippen MR) is 72.7 cm³/mol. The Balaban J connectivity index is 1.81. The van der Waals surface area contributed by atoms with E-state index in [1.165, 1.54) is 0 Å². The van der Waals surface area contributed by atoms with Gasteiger partial charge in [0.05, 0.1) is 19.3 Å². The molecule has 0 amide bonds. The summed E-state index contributed by atoms with van der Waals surface area (Å²) >= 11 is 0. The number of hydrogen-bond donors (Lipinski definition) is 2. The summed E-state index contributed by atoms with van der Waals surface area (Å²) in [6.45, 7) is 13.5. The SMILES string of the molecule is CC1(C)C(O)CC1NCC(C)(C)N1CCOCC1. The molecule has 0 radical (unpaired) electrons. The van der Waals surface area contributed by atoms with Crippen LogP contribution in [0.1, 0.15) is 34.1 Å². The predicted octanol–water partition coefficient (Wildman–Crippen LogP) is 0.846. The quantitative estimate of drug-likeness (QED) is 0.782. The van der Waals surface area contributed by atoms with Crippen LogP contribution in [-0.2, 0) is 4.74 Å². The van der Waals surface area contributed by atoms with Crippen molar-refractivity contribution >= 4 is 0 Å². The van der Waals surface area contributed by atoms with Crippen molar-refractivity contribution in [3.05, 3.63) is 0 Å². The fraction of sp³-hybridized carbons (Fsp3) is 1.00. The highest BCUT2D eigenvalue weighted by Gasteiger charge is 2.47. The molecule has 1 heterocycles. The van der Waals surface area contributed by atoms with Gasteiger partial charge in [0.1, 0.15) is 0 Å². The molecule has 2 N–H and O–H groups in total. The van der Waals surface area contributed by atoms with Crippen molar-refractivity contribution in [2.45, 2.75) is 51.8 Å². The second-order valence-electron chi connectivity index (χ2n) is 6.92. The van der Waals surface area contributed by atoms with Gasteiger partial charge in [-0.15, -0.1) is 0 Å². The molecule has 0 spiro atoms. The number of morpholine rings is 1. The normalized spacial score (nSPS) is 33.2. The number of aliphatic hydroxyl groups excluding tert-OH is 1. The van der Waals surface area contributed by atoms with Crippen LogP contribution in [0.15, 0.2) is 0 Å². The fourth-order valence-electron chi connectivity index (χ4n) is 2.90. The lowest BCUT2D eigenvalue weighted by Gasteiger charge is -2.51. The Morgan fingerprint density at radius 1 is 1.33 bits per heavy atom. The Morgan fingerprint density at radius 2 is 1.94 bits per heavy atom. The third kappa shape index (κ3) is 2.72. The minimum atomic E-state index is -0.151. The summed E-state index contributed by atoms with van der Waals surface area (Å²) in [6.07, 6.45) is 0.730. The molecule has 4 heteroatoms. The number of nitrogens with zero attached hydrogens (tertiary/aromatic N) is 1. The molecule has 0 aromatic rings. The minimum Gasteiger partial charge on any atom is -0.392 e.